The number of hydrogen-bond donors (Lipinski definition) is 0. The summed E-state index contributed by atoms with van der Waals surface area (Å²) in [5.74, 6) is 0.139. The zero-order chi connectivity index (χ0) is 12.9. The standard InChI is InChI=1S/C15H22O2/c1-5-6-12-7-9-13(10-8-12)14(16)11-15(2,3)17-4/h7-10H,5-6,11H2,1-4H3. The van der Waals surface area contributed by atoms with Crippen molar-refractivity contribution in [2.45, 2.75) is 45.6 Å². The van der Waals surface area contributed by atoms with Crippen molar-refractivity contribution in [1.29, 1.82) is 0 Å². The van der Waals surface area contributed by atoms with Gasteiger partial charge in [0.1, 0.15) is 0 Å². The second-order valence-electron chi connectivity index (χ2n) is 5.01. The molecule has 0 fully saturated rings. The van der Waals surface area contributed by atoms with Crippen molar-refractivity contribution in [3.8, 4) is 0 Å². The normalized spacial score (nSPS) is 11.5. The molecule has 2 nitrogen and oxygen atoms in total. The van der Waals surface area contributed by atoms with Crippen LogP contribution in [-0.4, -0.2) is 18.5 Å². The minimum absolute atomic E-state index is 0.139. The van der Waals surface area contributed by atoms with E-state index in [0.29, 0.717) is 6.42 Å². The maximum Gasteiger partial charge on any atom is 0.165 e. The minimum atomic E-state index is -0.390. The van der Waals surface area contributed by atoms with Crippen molar-refractivity contribution in [3.63, 3.8) is 0 Å². The molecule has 0 bridgehead atoms. The third kappa shape index (κ3) is 4.31. The Hall–Kier alpha value is -1.15. The Morgan fingerprint density at radius 2 is 1.82 bits per heavy atom. The van der Waals surface area contributed by atoms with Crippen molar-refractivity contribution in [1.82, 2.24) is 0 Å². The van der Waals surface area contributed by atoms with Gasteiger partial charge in [-0.25, -0.2) is 0 Å². The lowest BCUT2D eigenvalue weighted by Crippen LogP contribution is -2.26. The fourth-order valence-corrected chi connectivity index (χ4v) is 1.71. The molecule has 0 saturated heterocycles. The third-order valence-electron chi connectivity index (χ3n) is 2.95. The minimum Gasteiger partial charge on any atom is -0.378 e. The zero-order valence-corrected chi connectivity index (χ0v) is 11.2. The molecule has 0 N–H and O–H groups in total. The van der Waals surface area contributed by atoms with Crippen LogP contribution in [0.4, 0.5) is 0 Å². The molecule has 0 heterocycles. The summed E-state index contributed by atoms with van der Waals surface area (Å²) >= 11 is 0. The second kappa shape index (κ2) is 5.97. The molecule has 2 heteroatoms. The van der Waals surface area contributed by atoms with Crippen LogP contribution in [0.3, 0.4) is 0 Å². The highest BCUT2D eigenvalue weighted by Gasteiger charge is 2.21. The summed E-state index contributed by atoms with van der Waals surface area (Å²) < 4.78 is 5.27. The zero-order valence-electron chi connectivity index (χ0n) is 11.2. The van der Waals surface area contributed by atoms with E-state index in [2.05, 4.69) is 6.92 Å². The third-order valence-corrected chi connectivity index (χ3v) is 2.95. The number of Topliss-reactive ketones (excluding diaryl/α,β-unsaturated/α-hetero) is 1. The van der Waals surface area contributed by atoms with E-state index in [-0.39, 0.29) is 11.4 Å². The van der Waals surface area contributed by atoms with Gasteiger partial charge in [-0.1, -0.05) is 37.6 Å². The predicted molar refractivity (Wildman–Crippen MR) is 70.5 cm³/mol. The molecule has 0 saturated carbocycles. The van der Waals surface area contributed by atoms with Crippen LogP contribution in [0, 0.1) is 0 Å². The molecular formula is C15H22O2. The molecule has 94 valence electrons. The Kier molecular flexibility index (Phi) is 4.88. The number of hydrogen-bond acceptors (Lipinski definition) is 2. The average molecular weight is 234 g/mol. The highest BCUT2D eigenvalue weighted by molar-refractivity contribution is 5.96. The van der Waals surface area contributed by atoms with Gasteiger partial charge in [-0.15, -0.1) is 0 Å². The maximum absolute atomic E-state index is 12.0. The highest BCUT2D eigenvalue weighted by Crippen LogP contribution is 2.17. The van der Waals surface area contributed by atoms with Crippen molar-refractivity contribution in [2.24, 2.45) is 0 Å². The number of ketones is 1. The van der Waals surface area contributed by atoms with E-state index in [0.717, 1.165) is 18.4 Å². The quantitative estimate of drug-likeness (QED) is 0.702. The smallest absolute Gasteiger partial charge is 0.165 e. The van der Waals surface area contributed by atoms with Crippen LogP contribution in [0.25, 0.3) is 0 Å². The van der Waals surface area contributed by atoms with Crippen LogP contribution in [0.2, 0.25) is 0 Å². The van der Waals surface area contributed by atoms with Gasteiger partial charge < -0.3 is 4.74 Å². The van der Waals surface area contributed by atoms with E-state index in [1.165, 1.54) is 5.56 Å². The predicted octanol–water partition coefficient (Wildman–Crippen LogP) is 3.64. The molecule has 0 spiro atoms. The van der Waals surface area contributed by atoms with Gasteiger partial charge in [0.15, 0.2) is 5.78 Å². The molecule has 0 radical (unpaired) electrons. The van der Waals surface area contributed by atoms with Gasteiger partial charge in [0.2, 0.25) is 0 Å². The molecule has 0 unspecified atom stereocenters. The average Bonchev–Trinajstić information content (AvgIpc) is 2.30. The molecule has 1 aromatic rings. The summed E-state index contributed by atoms with van der Waals surface area (Å²) in [5.41, 5.74) is 1.67. The van der Waals surface area contributed by atoms with Crippen LogP contribution in [0.1, 0.15) is 49.5 Å². The van der Waals surface area contributed by atoms with Gasteiger partial charge in [0, 0.05) is 19.1 Å². The molecule has 0 amide bonds. The molecule has 0 aliphatic rings. The lowest BCUT2D eigenvalue weighted by molar-refractivity contribution is 0.0172. The Morgan fingerprint density at radius 3 is 2.29 bits per heavy atom. The molecule has 17 heavy (non-hydrogen) atoms. The summed E-state index contributed by atoms with van der Waals surface area (Å²) in [6.45, 7) is 6.01. The van der Waals surface area contributed by atoms with Gasteiger partial charge >= 0.3 is 0 Å². The fraction of sp³-hybridized carbons (Fsp3) is 0.533. The van der Waals surface area contributed by atoms with E-state index in [1.807, 2.05) is 38.1 Å². The van der Waals surface area contributed by atoms with E-state index in [9.17, 15) is 4.79 Å². The first-order chi connectivity index (χ1) is 7.98. The number of carbonyl (C=O) groups is 1. The highest BCUT2D eigenvalue weighted by atomic mass is 16.5. The van der Waals surface area contributed by atoms with Crippen LogP contribution in [0.15, 0.2) is 24.3 Å². The largest absolute Gasteiger partial charge is 0.378 e. The van der Waals surface area contributed by atoms with Crippen molar-refractivity contribution in [3.05, 3.63) is 35.4 Å². The van der Waals surface area contributed by atoms with Gasteiger partial charge in [0.05, 0.1) is 5.60 Å². The van der Waals surface area contributed by atoms with Gasteiger partial charge in [0.25, 0.3) is 0 Å². The van der Waals surface area contributed by atoms with Crippen LogP contribution < -0.4 is 0 Å². The molecule has 0 aromatic heterocycles. The first-order valence-electron chi connectivity index (χ1n) is 6.16. The first kappa shape index (κ1) is 13.9. The Balaban J connectivity index is 2.70. The first-order valence-corrected chi connectivity index (χ1v) is 6.16. The lowest BCUT2D eigenvalue weighted by atomic mass is 9.96. The van der Waals surface area contributed by atoms with Crippen molar-refractivity contribution in [2.75, 3.05) is 7.11 Å². The maximum atomic E-state index is 12.0. The molecule has 0 atom stereocenters. The summed E-state index contributed by atoms with van der Waals surface area (Å²) in [5, 5.41) is 0. The Labute approximate surface area is 104 Å². The molecule has 0 aliphatic heterocycles. The van der Waals surface area contributed by atoms with Crippen LogP contribution in [-0.2, 0) is 11.2 Å². The summed E-state index contributed by atoms with van der Waals surface area (Å²) in [6.07, 6.45) is 2.61. The summed E-state index contributed by atoms with van der Waals surface area (Å²) in [7, 11) is 1.64. The van der Waals surface area contributed by atoms with E-state index >= 15 is 0 Å². The topological polar surface area (TPSA) is 26.3 Å². The SMILES string of the molecule is CCCc1ccc(C(=O)CC(C)(C)OC)cc1. The number of methoxy groups -OCH3 is 1. The second-order valence-corrected chi connectivity index (χ2v) is 5.01. The lowest BCUT2D eigenvalue weighted by Gasteiger charge is -2.21. The van der Waals surface area contributed by atoms with Crippen LogP contribution in [0.5, 0.6) is 0 Å². The molecular weight excluding hydrogens is 212 g/mol. The molecule has 0 aliphatic carbocycles. The Bertz CT molecular complexity index is 363. The fourth-order valence-electron chi connectivity index (χ4n) is 1.71. The molecule has 1 aromatic carbocycles. The Morgan fingerprint density at radius 1 is 1.24 bits per heavy atom. The van der Waals surface area contributed by atoms with Gasteiger partial charge in [-0.05, 0) is 25.8 Å². The van der Waals surface area contributed by atoms with Gasteiger partial charge in [-0.3, -0.25) is 4.79 Å². The van der Waals surface area contributed by atoms with Gasteiger partial charge in [-0.2, -0.15) is 0 Å². The molecule has 1 rings (SSSR count). The van der Waals surface area contributed by atoms with E-state index in [1.54, 1.807) is 7.11 Å². The monoisotopic (exact) mass is 234 g/mol. The van der Waals surface area contributed by atoms with Crippen LogP contribution >= 0.6 is 0 Å². The number of carbonyl (C=O) groups excluding carboxylic acids is 1. The van der Waals surface area contributed by atoms with E-state index < -0.39 is 0 Å². The number of aryl methyl sites for hydroxylation is 1. The number of benzene rings is 1. The van der Waals surface area contributed by atoms with Crippen molar-refractivity contribution >= 4 is 5.78 Å². The van der Waals surface area contributed by atoms with E-state index in [4.69, 9.17) is 4.74 Å². The summed E-state index contributed by atoms with van der Waals surface area (Å²) in [4.78, 5) is 12.0. The number of rotatable bonds is 6. The van der Waals surface area contributed by atoms with Crippen molar-refractivity contribution < 1.29 is 9.53 Å². The summed E-state index contributed by atoms with van der Waals surface area (Å²) in [6, 6.07) is 7.91. The number of ether oxygens (including phenoxy) is 1.